The highest BCUT2D eigenvalue weighted by molar-refractivity contribution is 8.00. The highest BCUT2D eigenvalue weighted by Crippen LogP contribution is 2.41. The summed E-state index contributed by atoms with van der Waals surface area (Å²) in [5.41, 5.74) is 1.08. The summed E-state index contributed by atoms with van der Waals surface area (Å²) in [7, 11) is 0. The molecule has 1 aromatic heterocycles. The van der Waals surface area contributed by atoms with Crippen molar-refractivity contribution >= 4 is 17.7 Å². The molecule has 1 saturated heterocycles. The normalized spacial score (nSPS) is 18.8. The third kappa shape index (κ3) is 3.07. The largest absolute Gasteiger partial charge is 0.342 e. The maximum Gasteiger partial charge on any atom is 0.235 e. The number of likely N-dealkylation sites (tertiary alicyclic amines) is 1. The van der Waals surface area contributed by atoms with Gasteiger partial charge in [0.2, 0.25) is 5.91 Å². The molecule has 1 saturated carbocycles. The number of thioether (sulfide) groups is 1. The number of benzene rings is 1. The second kappa shape index (κ2) is 6.59. The molecule has 0 unspecified atom stereocenters. The summed E-state index contributed by atoms with van der Waals surface area (Å²) in [4.78, 5) is 14.6. The van der Waals surface area contributed by atoms with Gasteiger partial charge in [0.05, 0.1) is 5.25 Å². The summed E-state index contributed by atoms with van der Waals surface area (Å²) < 4.78 is 2.14. The van der Waals surface area contributed by atoms with E-state index in [1.807, 2.05) is 30.0 Å². The molecule has 0 spiro atoms. The third-order valence-electron chi connectivity index (χ3n) is 4.66. The molecule has 2 aliphatic rings. The molecule has 5 nitrogen and oxygen atoms in total. The molecule has 1 atom stereocenters. The zero-order valence-corrected chi connectivity index (χ0v) is 14.7. The molecule has 4 rings (SSSR count). The minimum atomic E-state index is -0.137. The van der Waals surface area contributed by atoms with Gasteiger partial charge in [-0.25, -0.2) is 0 Å². The van der Waals surface area contributed by atoms with Crippen LogP contribution in [-0.4, -0.2) is 43.9 Å². The van der Waals surface area contributed by atoms with Gasteiger partial charge >= 0.3 is 0 Å². The lowest BCUT2D eigenvalue weighted by atomic mass is 10.3. The van der Waals surface area contributed by atoms with Gasteiger partial charge in [0, 0.05) is 24.7 Å². The van der Waals surface area contributed by atoms with E-state index in [1.165, 1.54) is 24.6 Å². The molecule has 2 fully saturated rings. The molecule has 1 aliphatic heterocycles. The summed E-state index contributed by atoms with van der Waals surface area (Å²) in [6.45, 7) is 3.76. The average Bonchev–Trinajstić information content (AvgIpc) is 3.15. The van der Waals surface area contributed by atoms with Crippen molar-refractivity contribution in [2.75, 3.05) is 13.1 Å². The predicted molar refractivity (Wildman–Crippen MR) is 94.5 cm³/mol. The van der Waals surface area contributed by atoms with Gasteiger partial charge in [-0.1, -0.05) is 30.0 Å². The maximum atomic E-state index is 12.6. The van der Waals surface area contributed by atoms with E-state index in [4.69, 9.17) is 0 Å². The number of nitrogens with zero attached hydrogens (tertiary/aromatic N) is 4. The maximum absolute atomic E-state index is 12.6. The summed E-state index contributed by atoms with van der Waals surface area (Å²) in [5, 5.41) is 9.52. The Kier molecular flexibility index (Phi) is 4.31. The van der Waals surface area contributed by atoms with E-state index in [9.17, 15) is 4.79 Å². The lowest BCUT2D eigenvalue weighted by molar-refractivity contribution is -0.129. The standard InChI is InChI=1S/C18H22N4OS/c1-13(17(23)21-11-5-6-12-21)24-18-20-19-16(14-9-10-14)22(18)15-7-3-2-4-8-15/h2-4,7-8,13-14H,5-6,9-12H2,1H3/t13-/m1/s1. The van der Waals surface area contributed by atoms with Gasteiger partial charge in [0.25, 0.3) is 0 Å². The first-order valence-corrected chi connectivity index (χ1v) is 9.58. The number of carbonyl (C=O) groups excluding carboxylic acids is 1. The van der Waals surface area contributed by atoms with Crippen molar-refractivity contribution in [3.63, 3.8) is 0 Å². The van der Waals surface area contributed by atoms with Gasteiger partial charge in [-0.15, -0.1) is 10.2 Å². The van der Waals surface area contributed by atoms with Crippen LogP contribution < -0.4 is 0 Å². The molecule has 6 heteroatoms. The van der Waals surface area contributed by atoms with Gasteiger partial charge in [-0.3, -0.25) is 9.36 Å². The fourth-order valence-electron chi connectivity index (χ4n) is 3.19. The molecule has 0 N–H and O–H groups in total. The van der Waals surface area contributed by atoms with Crippen LogP contribution in [-0.2, 0) is 4.79 Å². The number of hydrogen-bond acceptors (Lipinski definition) is 4. The van der Waals surface area contributed by atoms with Crippen LogP contribution in [0.1, 0.15) is 44.3 Å². The lowest BCUT2D eigenvalue weighted by Gasteiger charge is -2.20. The SMILES string of the molecule is C[C@@H](Sc1nnc(C2CC2)n1-c1ccccc1)C(=O)N1CCCC1. The molecule has 2 heterocycles. The molecular weight excluding hydrogens is 320 g/mol. The Balaban J connectivity index is 1.60. The van der Waals surface area contributed by atoms with Crippen LogP contribution in [0.25, 0.3) is 5.69 Å². The van der Waals surface area contributed by atoms with E-state index >= 15 is 0 Å². The highest BCUT2D eigenvalue weighted by atomic mass is 32.2. The van der Waals surface area contributed by atoms with E-state index in [2.05, 4.69) is 26.9 Å². The van der Waals surface area contributed by atoms with E-state index in [0.717, 1.165) is 42.6 Å². The van der Waals surface area contributed by atoms with Crippen LogP contribution in [0.3, 0.4) is 0 Å². The number of carbonyl (C=O) groups is 1. The van der Waals surface area contributed by atoms with Gasteiger partial charge in [0.15, 0.2) is 5.16 Å². The first kappa shape index (κ1) is 15.7. The zero-order valence-electron chi connectivity index (χ0n) is 13.9. The minimum Gasteiger partial charge on any atom is -0.342 e. The Labute approximate surface area is 146 Å². The number of para-hydroxylation sites is 1. The van der Waals surface area contributed by atoms with Crippen molar-refractivity contribution in [3.8, 4) is 5.69 Å². The van der Waals surface area contributed by atoms with Crippen LogP contribution in [0, 0.1) is 0 Å². The smallest absolute Gasteiger partial charge is 0.235 e. The highest BCUT2D eigenvalue weighted by Gasteiger charge is 2.32. The molecule has 2 aromatic rings. The van der Waals surface area contributed by atoms with E-state index in [1.54, 1.807) is 0 Å². The van der Waals surface area contributed by atoms with Crippen molar-refractivity contribution < 1.29 is 4.79 Å². The molecule has 0 radical (unpaired) electrons. The van der Waals surface area contributed by atoms with Crippen molar-refractivity contribution in [1.82, 2.24) is 19.7 Å². The molecule has 1 aromatic carbocycles. The third-order valence-corrected chi connectivity index (χ3v) is 5.69. The van der Waals surface area contributed by atoms with E-state index in [0.29, 0.717) is 5.92 Å². The first-order valence-electron chi connectivity index (χ1n) is 8.70. The monoisotopic (exact) mass is 342 g/mol. The molecule has 24 heavy (non-hydrogen) atoms. The Morgan fingerprint density at radius 3 is 2.54 bits per heavy atom. The second-order valence-electron chi connectivity index (χ2n) is 6.58. The van der Waals surface area contributed by atoms with Crippen molar-refractivity contribution in [2.24, 2.45) is 0 Å². The van der Waals surface area contributed by atoms with Crippen LogP contribution in [0.4, 0.5) is 0 Å². The lowest BCUT2D eigenvalue weighted by Crippen LogP contribution is -2.34. The van der Waals surface area contributed by atoms with Gasteiger partial charge in [0.1, 0.15) is 5.82 Å². The van der Waals surface area contributed by atoms with Gasteiger partial charge in [-0.05, 0) is 44.7 Å². The predicted octanol–water partition coefficient (Wildman–Crippen LogP) is 3.25. The topological polar surface area (TPSA) is 51.0 Å². The fraction of sp³-hybridized carbons (Fsp3) is 0.500. The first-order chi connectivity index (χ1) is 11.7. The second-order valence-corrected chi connectivity index (χ2v) is 7.89. The fourth-order valence-corrected chi connectivity index (χ4v) is 4.14. The Morgan fingerprint density at radius 1 is 1.17 bits per heavy atom. The van der Waals surface area contributed by atoms with Crippen LogP contribution in [0.5, 0.6) is 0 Å². The number of rotatable bonds is 5. The number of hydrogen-bond donors (Lipinski definition) is 0. The summed E-state index contributed by atoms with van der Waals surface area (Å²) in [6, 6.07) is 10.2. The molecule has 1 aliphatic carbocycles. The van der Waals surface area contributed by atoms with Gasteiger partial charge < -0.3 is 4.90 Å². The van der Waals surface area contributed by atoms with Gasteiger partial charge in [-0.2, -0.15) is 0 Å². The quantitative estimate of drug-likeness (QED) is 0.783. The Hall–Kier alpha value is -1.82. The minimum absolute atomic E-state index is 0.137. The molecule has 126 valence electrons. The molecule has 0 bridgehead atoms. The zero-order chi connectivity index (χ0) is 16.5. The summed E-state index contributed by atoms with van der Waals surface area (Å²) >= 11 is 1.52. The average molecular weight is 342 g/mol. The van der Waals surface area contributed by atoms with Crippen LogP contribution >= 0.6 is 11.8 Å². The Morgan fingerprint density at radius 2 is 1.88 bits per heavy atom. The Bertz CT molecular complexity index is 720. The molecule has 1 amide bonds. The number of amides is 1. The van der Waals surface area contributed by atoms with Crippen molar-refractivity contribution in [1.29, 1.82) is 0 Å². The van der Waals surface area contributed by atoms with Crippen LogP contribution in [0.2, 0.25) is 0 Å². The summed E-state index contributed by atoms with van der Waals surface area (Å²) in [6.07, 6.45) is 4.60. The molecular formula is C18H22N4OS. The number of aromatic nitrogens is 3. The van der Waals surface area contributed by atoms with E-state index < -0.39 is 0 Å². The van der Waals surface area contributed by atoms with Crippen molar-refractivity contribution in [3.05, 3.63) is 36.2 Å². The van der Waals surface area contributed by atoms with Crippen LogP contribution in [0.15, 0.2) is 35.5 Å². The summed E-state index contributed by atoms with van der Waals surface area (Å²) in [5.74, 6) is 1.76. The van der Waals surface area contributed by atoms with E-state index in [-0.39, 0.29) is 11.2 Å². The van der Waals surface area contributed by atoms with Crippen molar-refractivity contribution in [2.45, 2.75) is 48.9 Å².